The van der Waals surface area contributed by atoms with E-state index in [9.17, 15) is 0 Å². The fourth-order valence-corrected chi connectivity index (χ4v) is 2.45. The van der Waals surface area contributed by atoms with Crippen molar-refractivity contribution in [1.29, 1.82) is 0 Å². The maximum Gasteiger partial charge on any atom is 0.128 e. The molecule has 0 bridgehead atoms. The first-order valence-corrected chi connectivity index (χ1v) is 7.52. The molecule has 1 N–H and O–H groups in total. The average Bonchev–Trinajstić information content (AvgIpc) is 3.08. The summed E-state index contributed by atoms with van der Waals surface area (Å²) in [7, 11) is 0. The smallest absolute Gasteiger partial charge is 0.128 e. The number of nitrogens with zero attached hydrogens (tertiary/aromatic N) is 1. The molecular weight excluding hydrogens is 256 g/mol. The number of aliphatic imine (C=N–C) groups is 1. The topological polar surface area (TPSA) is 24.4 Å². The Morgan fingerprint density at radius 2 is 1.57 bits per heavy atom. The molecule has 2 nitrogen and oxygen atoms in total. The molecular formula is C19H20N2. The van der Waals surface area contributed by atoms with E-state index in [4.69, 9.17) is 0 Å². The van der Waals surface area contributed by atoms with E-state index in [1.165, 1.54) is 22.3 Å². The third kappa shape index (κ3) is 3.22. The number of amidine groups is 1. The van der Waals surface area contributed by atoms with Gasteiger partial charge in [-0.15, -0.1) is 0 Å². The van der Waals surface area contributed by atoms with Crippen LogP contribution < -0.4 is 5.32 Å². The van der Waals surface area contributed by atoms with Crippen LogP contribution in [0.3, 0.4) is 0 Å². The van der Waals surface area contributed by atoms with E-state index in [-0.39, 0.29) is 0 Å². The van der Waals surface area contributed by atoms with Crippen LogP contribution in [0, 0.1) is 0 Å². The Labute approximate surface area is 126 Å². The van der Waals surface area contributed by atoms with Crippen LogP contribution in [0.1, 0.15) is 24.5 Å². The Morgan fingerprint density at radius 1 is 0.952 bits per heavy atom. The molecule has 0 radical (unpaired) electrons. The van der Waals surface area contributed by atoms with Gasteiger partial charge >= 0.3 is 0 Å². The molecule has 1 heterocycles. The van der Waals surface area contributed by atoms with Crippen molar-refractivity contribution in [3.8, 4) is 11.1 Å². The minimum Gasteiger partial charge on any atom is -0.368 e. The van der Waals surface area contributed by atoms with Gasteiger partial charge in [0.25, 0.3) is 0 Å². The highest BCUT2D eigenvalue weighted by Gasteiger charge is 2.07. The van der Waals surface area contributed by atoms with Crippen LogP contribution in [0.4, 0.5) is 0 Å². The highest BCUT2D eigenvalue weighted by molar-refractivity contribution is 6.00. The first-order valence-electron chi connectivity index (χ1n) is 7.52. The lowest BCUT2D eigenvalue weighted by molar-refractivity contribution is 0.960. The van der Waals surface area contributed by atoms with Crippen LogP contribution in [0.5, 0.6) is 0 Å². The second kappa shape index (κ2) is 6.40. The van der Waals surface area contributed by atoms with E-state index < -0.39 is 0 Å². The number of allylic oxidation sites excluding steroid dienone is 1. The molecule has 106 valence electrons. The molecule has 0 atom stereocenters. The first kappa shape index (κ1) is 13.6. The lowest BCUT2D eigenvalue weighted by atomic mass is 10.0. The number of nitrogens with one attached hydrogen (secondary N) is 1. The van der Waals surface area contributed by atoms with Crippen molar-refractivity contribution in [2.75, 3.05) is 13.1 Å². The highest BCUT2D eigenvalue weighted by atomic mass is 15.1. The minimum atomic E-state index is 0.879. The normalized spacial score (nSPS) is 14.2. The molecule has 0 saturated carbocycles. The Hall–Kier alpha value is -2.35. The molecule has 1 aliphatic heterocycles. The fourth-order valence-electron chi connectivity index (χ4n) is 2.45. The van der Waals surface area contributed by atoms with Crippen molar-refractivity contribution in [1.82, 2.24) is 5.32 Å². The average molecular weight is 276 g/mol. The number of rotatable bonds is 4. The summed E-state index contributed by atoms with van der Waals surface area (Å²) in [5.41, 5.74) is 4.90. The standard InChI is InChI=1S/C19H20N2/c1-2-3-4-15-5-7-16(8-6-15)17-9-11-18(12-10-17)19-20-13-14-21-19/h3-12H,2,13-14H2,1H3,(H,20,21)/b4-3+. The van der Waals surface area contributed by atoms with E-state index in [1.54, 1.807) is 0 Å². The van der Waals surface area contributed by atoms with Crippen LogP contribution in [0.25, 0.3) is 17.2 Å². The summed E-state index contributed by atoms with van der Waals surface area (Å²) in [6.07, 6.45) is 5.41. The van der Waals surface area contributed by atoms with Crippen molar-refractivity contribution in [2.24, 2.45) is 4.99 Å². The molecule has 3 rings (SSSR count). The zero-order valence-corrected chi connectivity index (χ0v) is 12.3. The quantitative estimate of drug-likeness (QED) is 0.892. The molecule has 21 heavy (non-hydrogen) atoms. The molecule has 1 aliphatic rings. The Bertz CT molecular complexity index is 649. The summed E-state index contributed by atoms with van der Waals surface area (Å²) in [6.45, 7) is 3.98. The van der Waals surface area contributed by atoms with Gasteiger partial charge in [-0.05, 0) is 23.1 Å². The van der Waals surface area contributed by atoms with Crippen LogP contribution in [-0.4, -0.2) is 18.9 Å². The molecule has 2 heteroatoms. The number of hydrogen-bond donors (Lipinski definition) is 1. The molecule has 0 saturated heterocycles. The van der Waals surface area contributed by atoms with Crippen LogP contribution in [0.15, 0.2) is 59.6 Å². The van der Waals surface area contributed by atoms with Crippen LogP contribution in [0.2, 0.25) is 0 Å². The third-order valence-electron chi connectivity index (χ3n) is 3.62. The summed E-state index contributed by atoms with van der Waals surface area (Å²) in [4.78, 5) is 4.45. The molecule has 0 fully saturated rings. The number of hydrogen-bond acceptors (Lipinski definition) is 2. The van der Waals surface area contributed by atoms with E-state index in [0.717, 1.165) is 25.3 Å². The third-order valence-corrected chi connectivity index (χ3v) is 3.62. The summed E-state index contributed by atoms with van der Waals surface area (Å²) in [5, 5.41) is 3.30. The predicted molar refractivity (Wildman–Crippen MR) is 90.6 cm³/mol. The second-order valence-corrected chi connectivity index (χ2v) is 5.17. The van der Waals surface area contributed by atoms with Crippen molar-refractivity contribution >= 4 is 11.9 Å². The predicted octanol–water partition coefficient (Wildman–Crippen LogP) is 4.13. The first-order chi connectivity index (χ1) is 10.4. The summed E-state index contributed by atoms with van der Waals surface area (Å²) in [6, 6.07) is 17.3. The summed E-state index contributed by atoms with van der Waals surface area (Å²) in [5.74, 6) is 1.02. The van der Waals surface area contributed by atoms with Gasteiger partial charge in [0.05, 0.1) is 6.54 Å². The van der Waals surface area contributed by atoms with Gasteiger partial charge in [0, 0.05) is 12.1 Å². The molecule has 0 unspecified atom stereocenters. The second-order valence-electron chi connectivity index (χ2n) is 5.17. The molecule has 2 aromatic carbocycles. The SMILES string of the molecule is CC/C=C/c1ccc(-c2ccc(C3=NCCN3)cc2)cc1. The van der Waals surface area contributed by atoms with Crippen molar-refractivity contribution in [3.63, 3.8) is 0 Å². The van der Waals surface area contributed by atoms with E-state index in [1.807, 2.05) is 0 Å². The van der Waals surface area contributed by atoms with Gasteiger partial charge < -0.3 is 5.32 Å². The molecule has 0 aliphatic carbocycles. The van der Waals surface area contributed by atoms with Crippen molar-refractivity contribution in [2.45, 2.75) is 13.3 Å². The van der Waals surface area contributed by atoms with Crippen molar-refractivity contribution in [3.05, 3.63) is 65.7 Å². The van der Waals surface area contributed by atoms with Gasteiger partial charge in [-0.2, -0.15) is 0 Å². The summed E-state index contributed by atoms with van der Waals surface area (Å²) >= 11 is 0. The Balaban J connectivity index is 1.78. The van der Waals surface area contributed by atoms with Gasteiger partial charge in [0.15, 0.2) is 0 Å². The van der Waals surface area contributed by atoms with Crippen LogP contribution >= 0.6 is 0 Å². The maximum atomic E-state index is 4.45. The van der Waals surface area contributed by atoms with E-state index >= 15 is 0 Å². The molecule has 0 spiro atoms. The van der Waals surface area contributed by atoms with Gasteiger partial charge in [0.2, 0.25) is 0 Å². The monoisotopic (exact) mass is 276 g/mol. The Kier molecular flexibility index (Phi) is 4.15. The molecule has 2 aromatic rings. The zero-order valence-electron chi connectivity index (χ0n) is 12.3. The van der Waals surface area contributed by atoms with Crippen LogP contribution in [-0.2, 0) is 0 Å². The van der Waals surface area contributed by atoms with Gasteiger partial charge in [0.1, 0.15) is 5.84 Å². The highest BCUT2D eigenvalue weighted by Crippen LogP contribution is 2.21. The van der Waals surface area contributed by atoms with Gasteiger partial charge in [-0.25, -0.2) is 0 Å². The fraction of sp³-hybridized carbons (Fsp3) is 0.211. The van der Waals surface area contributed by atoms with Crippen molar-refractivity contribution < 1.29 is 0 Å². The van der Waals surface area contributed by atoms with E-state index in [0.29, 0.717) is 0 Å². The minimum absolute atomic E-state index is 0.879. The number of benzene rings is 2. The van der Waals surface area contributed by atoms with Gasteiger partial charge in [-0.1, -0.05) is 67.6 Å². The maximum absolute atomic E-state index is 4.45. The van der Waals surface area contributed by atoms with E-state index in [2.05, 4.69) is 77.9 Å². The molecule has 0 aromatic heterocycles. The zero-order chi connectivity index (χ0) is 14.5. The molecule has 0 amide bonds. The Morgan fingerprint density at radius 3 is 2.14 bits per heavy atom. The largest absolute Gasteiger partial charge is 0.368 e. The lowest BCUT2D eigenvalue weighted by Crippen LogP contribution is -2.19. The lowest BCUT2D eigenvalue weighted by Gasteiger charge is -2.06. The summed E-state index contributed by atoms with van der Waals surface area (Å²) < 4.78 is 0. The van der Waals surface area contributed by atoms with Gasteiger partial charge in [-0.3, -0.25) is 4.99 Å².